The average molecular weight is 576 g/mol. The highest BCUT2D eigenvalue weighted by atomic mass is 16.2. The normalized spacial score (nSPS) is 22.0. The predicted octanol–water partition coefficient (Wildman–Crippen LogP) is 2.20. The summed E-state index contributed by atoms with van der Waals surface area (Å²) in [6.07, 6.45) is 8.08. The van der Waals surface area contributed by atoms with Crippen molar-refractivity contribution in [1.29, 1.82) is 0 Å². The molecule has 2 saturated carbocycles. The third-order valence-corrected chi connectivity index (χ3v) is 8.65. The van der Waals surface area contributed by atoms with Crippen LogP contribution in [0.3, 0.4) is 0 Å². The number of carbonyl (C=O) groups excluding carboxylic acids is 6. The summed E-state index contributed by atoms with van der Waals surface area (Å²) in [4.78, 5) is 78.9. The van der Waals surface area contributed by atoms with E-state index in [0.717, 1.165) is 44.9 Å². The molecule has 3 unspecified atom stereocenters. The lowest BCUT2D eigenvalue weighted by Crippen LogP contribution is -2.61. The van der Waals surface area contributed by atoms with E-state index in [4.69, 9.17) is 5.73 Å². The molecule has 5 amide bonds. The number of carbonyl (C=O) groups is 6. The molecule has 0 aromatic rings. The van der Waals surface area contributed by atoms with E-state index in [0.29, 0.717) is 25.8 Å². The zero-order valence-electron chi connectivity index (χ0n) is 25.3. The molecule has 1 aliphatic heterocycles. The van der Waals surface area contributed by atoms with Crippen molar-refractivity contribution in [1.82, 2.24) is 20.9 Å². The highest BCUT2D eigenvalue weighted by molar-refractivity contribution is 6.37. The van der Waals surface area contributed by atoms with Crippen molar-refractivity contribution < 1.29 is 28.8 Å². The fraction of sp³-hybridized carbons (Fsp3) is 0.800. The maximum atomic E-state index is 13.9. The van der Waals surface area contributed by atoms with Gasteiger partial charge in [0.2, 0.25) is 17.6 Å². The zero-order valence-corrected chi connectivity index (χ0v) is 25.3. The monoisotopic (exact) mass is 575 g/mol. The summed E-state index contributed by atoms with van der Waals surface area (Å²) in [5, 5.41) is 8.40. The van der Waals surface area contributed by atoms with Crippen LogP contribution >= 0.6 is 0 Å². The molecule has 4 atom stereocenters. The molecule has 1 saturated heterocycles. The van der Waals surface area contributed by atoms with Crippen LogP contribution in [-0.2, 0) is 24.0 Å². The molecular weight excluding hydrogens is 526 g/mol. The number of likely N-dealkylation sites (tertiary alicyclic amines) is 1. The van der Waals surface area contributed by atoms with Crippen LogP contribution in [0.25, 0.3) is 0 Å². The van der Waals surface area contributed by atoms with Crippen molar-refractivity contribution in [3.63, 3.8) is 0 Å². The lowest BCUT2D eigenvalue weighted by atomic mass is 9.80. The molecule has 3 fully saturated rings. The third kappa shape index (κ3) is 8.75. The molecule has 5 N–H and O–H groups in total. The molecule has 3 rings (SSSR count). The number of ketones is 2. The summed E-state index contributed by atoms with van der Waals surface area (Å²) >= 11 is 0. The Morgan fingerprint density at radius 3 is 2.02 bits per heavy atom. The van der Waals surface area contributed by atoms with Crippen LogP contribution in [0.1, 0.15) is 98.8 Å². The minimum atomic E-state index is -1.10. The second kappa shape index (κ2) is 13.8. The van der Waals surface area contributed by atoms with Crippen LogP contribution in [0.2, 0.25) is 0 Å². The van der Waals surface area contributed by atoms with Crippen molar-refractivity contribution in [3.8, 4) is 0 Å². The second-order valence-electron chi connectivity index (χ2n) is 13.5. The van der Waals surface area contributed by atoms with E-state index < -0.39 is 59.1 Å². The fourth-order valence-electron chi connectivity index (χ4n) is 6.04. The standard InChI is InChI=1S/C30H49N5O6/c1-17(2)23(36)22(19-10-7-6-8-11-19)33-29(41)34-25(30(3,4)5)28(40)35-15-9-12-21(35)27(39)32-20(16-18-13-14-18)24(37)26(31)38/h17-22,25H,6-16H2,1-5H3,(H2,31,38)(H,32,39)(H2,33,34,41)/t20?,21-,22?,25?/m0/s1. The van der Waals surface area contributed by atoms with Crippen LogP contribution in [0.4, 0.5) is 4.79 Å². The van der Waals surface area contributed by atoms with E-state index in [-0.39, 0.29) is 23.5 Å². The Hall–Kier alpha value is -2.98. The number of nitrogens with one attached hydrogen (secondary N) is 3. The molecular formula is C30H49N5O6. The van der Waals surface area contributed by atoms with Crippen molar-refractivity contribution in [2.75, 3.05) is 6.54 Å². The third-order valence-electron chi connectivity index (χ3n) is 8.65. The summed E-state index contributed by atoms with van der Waals surface area (Å²) in [5.74, 6) is -2.78. The smallest absolute Gasteiger partial charge is 0.316 e. The number of Topliss-reactive ketones (excluding diaryl/α,β-unsaturated/α-hetero) is 2. The maximum absolute atomic E-state index is 13.9. The van der Waals surface area contributed by atoms with E-state index in [1.807, 2.05) is 34.6 Å². The number of primary amides is 1. The molecule has 0 radical (unpaired) electrons. The van der Waals surface area contributed by atoms with E-state index in [1.165, 1.54) is 4.90 Å². The highest BCUT2D eigenvalue weighted by Crippen LogP contribution is 2.34. The molecule has 2 aliphatic carbocycles. The molecule has 3 aliphatic rings. The number of nitrogens with two attached hydrogens (primary N) is 1. The Bertz CT molecular complexity index is 1010. The van der Waals surface area contributed by atoms with Gasteiger partial charge in [0.1, 0.15) is 12.1 Å². The zero-order chi connectivity index (χ0) is 30.5. The Morgan fingerprint density at radius 2 is 1.49 bits per heavy atom. The Morgan fingerprint density at radius 1 is 0.854 bits per heavy atom. The summed E-state index contributed by atoms with van der Waals surface area (Å²) in [6, 6.07) is -4.02. The first kappa shape index (κ1) is 32.5. The van der Waals surface area contributed by atoms with Gasteiger partial charge < -0.3 is 26.6 Å². The van der Waals surface area contributed by atoms with Gasteiger partial charge in [-0.1, -0.05) is 66.7 Å². The molecule has 230 valence electrons. The molecule has 0 aromatic heterocycles. The number of hydrogen-bond donors (Lipinski definition) is 4. The highest BCUT2D eigenvalue weighted by Gasteiger charge is 2.44. The van der Waals surface area contributed by atoms with E-state index >= 15 is 0 Å². The number of amides is 5. The van der Waals surface area contributed by atoms with Gasteiger partial charge in [-0.05, 0) is 49.4 Å². The first-order valence-electron chi connectivity index (χ1n) is 15.3. The molecule has 11 heteroatoms. The molecule has 0 spiro atoms. The summed E-state index contributed by atoms with van der Waals surface area (Å²) < 4.78 is 0. The average Bonchev–Trinajstić information content (AvgIpc) is 3.59. The molecule has 41 heavy (non-hydrogen) atoms. The van der Waals surface area contributed by atoms with Crippen LogP contribution in [-0.4, -0.2) is 70.9 Å². The van der Waals surface area contributed by atoms with Crippen molar-refractivity contribution in [3.05, 3.63) is 0 Å². The molecule has 0 aromatic carbocycles. The summed E-state index contributed by atoms with van der Waals surface area (Å²) in [7, 11) is 0. The quantitative estimate of drug-likeness (QED) is 0.260. The molecule has 11 nitrogen and oxygen atoms in total. The van der Waals surface area contributed by atoms with Gasteiger partial charge >= 0.3 is 6.03 Å². The van der Waals surface area contributed by atoms with Crippen molar-refractivity contribution in [2.45, 2.75) is 123 Å². The molecule has 1 heterocycles. The number of urea groups is 1. The maximum Gasteiger partial charge on any atom is 0.316 e. The van der Waals surface area contributed by atoms with Gasteiger partial charge in [-0.25, -0.2) is 4.79 Å². The largest absolute Gasteiger partial charge is 0.363 e. The first-order chi connectivity index (χ1) is 19.2. The van der Waals surface area contributed by atoms with E-state index in [2.05, 4.69) is 16.0 Å². The minimum Gasteiger partial charge on any atom is -0.363 e. The minimum absolute atomic E-state index is 0.0202. The van der Waals surface area contributed by atoms with E-state index in [1.54, 1.807) is 0 Å². The van der Waals surface area contributed by atoms with Gasteiger partial charge in [-0.3, -0.25) is 24.0 Å². The first-order valence-corrected chi connectivity index (χ1v) is 15.3. The van der Waals surface area contributed by atoms with Gasteiger partial charge in [0.05, 0.1) is 12.1 Å². The Kier molecular flexibility index (Phi) is 10.9. The lowest BCUT2D eigenvalue weighted by Gasteiger charge is -2.36. The number of rotatable bonds is 12. The SMILES string of the molecule is CC(C)C(=O)C(NC(=O)NC(C(=O)N1CCC[C@H]1C(=O)NC(CC1CC1)C(=O)C(N)=O)C(C)(C)C)C1CCCCC1. The van der Waals surface area contributed by atoms with Crippen molar-refractivity contribution in [2.24, 2.45) is 28.9 Å². The van der Waals surface area contributed by atoms with Crippen LogP contribution in [0.15, 0.2) is 0 Å². The Labute approximate surface area is 243 Å². The van der Waals surface area contributed by atoms with E-state index in [9.17, 15) is 28.8 Å². The predicted molar refractivity (Wildman–Crippen MR) is 153 cm³/mol. The van der Waals surface area contributed by atoms with Gasteiger partial charge in [-0.15, -0.1) is 0 Å². The fourth-order valence-corrected chi connectivity index (χ4v) is 6.04. The second-order valence-corrected chi connectivity index (χ2v) is 13.5. The number of nitrogens with zero attached hydrogens (tertiary/aromatic N) is 1. The number of hydrogen-bond acceptors (Lipinski definition) is 6. The Balaban J connectivity index is 1.72. The molecule has 0 bridgehead atoms. The summed E-state index contributed by atoms with van der Waals surface area (Å²) in [5.41, 5.74) is 4.52. The topological polar surface area (TPSA) is 168 Å². The van der Waals surface area contributed by atoms with Gasteiger partial charge in [0.25, 0.3) is 5.91 Å². The van der Waals surface area contributed by atoms with Crippen LogP contribution in [0, 0.1) is 23.2 Å². The van der Waals surface area contributed by atoms with Crippen molar-refractivity contribution >= 4 is 35.3 Å². The van der Waals surface area contributed by atoms with Gasteiger partial charge in [-0.2, -0.15) is 0 Å². The lowest BCUT2D eigenvalue weighted by molar-refractivity contribution is -0.143. The van der Waals surface area contributed by atoms with Gasteiger partial charge in [0.15, 0.2) is 5.78 Å². The van der Waals surface area contributed by atoms with Gasteiger partial charge in [0, 0.05) is 12.5 Å². The summed E-state index contributed by atoms with van der Waals surface area (Å²) in [6.45, 7) is 9.45. The van der Waals surface area contributed by atoms with Crippen LogP contribution < -0.4 is 21.7 Å². The van der Waals surface area contributed by atoms with Crippen LogP contribution in [0.5, 0.6) is 0 Å².